The van der Waals surface area contributed by atoms with Crippen molar-refractivity contribution >= 4 is 11.6 Å². The molecule has 0 saturated carbocycles. The second-order valence-electron chi connectivity index (χ2n) is 6.87. The largest absolute Gasteiger partial charge is 0.484 e. The van der Waals surface area contributed by atoms with Crippen LogP contribution in [0.1, 0.15) is 30.4 Å². The number of anilines is 1. The van der Waals surface area contributed by atoms with E-state index in [4.69, 9.17) is 4.74 Å². The molecule has 0 radical (unpaired) electrons. The number of aryl methyl sites for hydroxylation is 1. The van der Waals surface area contributed by atoms with Crippen molar-refractivity contribution in [2.75, 3.05) is 31.1 Å². The van der Waals surface area contributed by atoms with Crippen molar-refractivity contribution in [2.45, 2.75) is 32.6 Å². The van der Waals surface area contributed by atoms with Crippen molar-refractivity contribution < 1.29 is 9.53 Å². The van der Waals surface area contributed by atoms with Crippen LogP contribution in [0.3, 0.4) is 0 Å². The van der Waals surface area contributed by atoms with E-state index in [-0.39, 0.29) is 12.5 Å². The molecule has 2 aromatic rings. The highest BCUT2D eigenvalue weighted by Gasteiger charge is 2.10. The number of nitrogens with one attached hydrogen (secondary N) is 1. The van der Waals surface area contributed by atoms with Crippen LogP contribution in [0.4, 0.5) is 5.69 Å². The van der Waals surface area contributed by atoms with Crippen LogP contribution in [-0.2, 0) is 11.2 Å². The van der Waals surface area contributed by atoms with E-state index >= 15 is 0 Å². The number of benzene rings is 2. The number of carbonyl (C=O) groups excluding carboxylic acids is 1. The van der Waals surface area contributed by atoms with Crippen LogP contribution >= 0.6 is 0 Å². The molecule has 4 heteroatoms. The number of nitrogens with zero attached hydrogens (tertiary/aromatic N) is 1. The van der Waals surface area contributed by atoms with Crippen LogP contribution in [0, 0.1) is 6.92 Å². The average molecular weight is 352 g/mol. The Hall–Kier alpha value is -2.49. The number of para-hydroxylation sites is 1. The van der Waals surface area contributed by atoms with E-state index in [2.05, 4.69) is 34.5 Å². The van der Waals surface area contributed by atoms with Gasteiger partial charge in [-0.25, -0.2) is 0 Å². The van der Waals surface area contributed by atoms with Crippen LogP contribution in [0.5, 0.6) is 5.75 Å². The number of amides is 1. The van der Waals surface area contributed by atoms with Gasteiger partial charge in [0.2, 0.25) is 0 Å². The van der Waals surface area contributed by atoms with E-state index in [1.807, 2.05) is 31.2 Å². The highest BCUT2D eigenvalue weighted by Crippen LogP contribution is 2.20. The van der Waals surface area contributed by atoms with Crippen molar-refractivity contribution in [2.24, 2.45) is 0 Å². The summed E-state index contributed by atoms with van der Waals surface area (Å²) in [7, 11) is 0. The number of hydrogen-bond acceptors (Lipinski definition) is 3. The predicted molar refractivity (Wildman–Crippen MR) is 106 cm³/mol. The summed E-state index contributed by atoms with van der Waals surface area (Å²) in [5.41, 5.74) is 3.59. The second kappa shape index (κ2) is 9.27. The third-order valence-electron chi connectivity index (χ3n) is 4.85. The van der Waals surface area contributed by atoms with Crippen LogP contribution in [0.2, 0.25) is 0 Å². The molecular weight excluding hydrogens is 324 g/mol. The summed E-state index contributed by atoms with van der Waals surface area (Å²) in [6, 6.07) is 16.5. The summed E-state index contributed by atoms with van der Waals surface area (Å²) in [6.45, 7) is 4.98. The highest BCUT2D eigenvalue weighted by atomic mass is 16.5. The van der Waals surface area contributed by atoms with Gasteiger partial charge >= 0.3 is 0 Å². The molecule has 1 aliphatic rings. The molecule has 0 atom stereocenters. The molecule has 0 unspecified atom stereocenters. The Kier molecular flexibility index (Phi) is 6.53. The number of rotatable bonds is 7. The third kappa shape index (κ3) is 5.25. The normalized spacial score (nSPS) is 14.1. The molecule has 1 heterocycles. The Bertz CT molecular complexity index is 706. The lowest BCUT2D eigenvalue weighted by Gasteiger charge is -2.28. The van der Waals surface area contributed by atoms with Crippen molar-refractivity contribution in [3.8, 4) is 5.75 Å². The lowest BCUT2D eigenvalue weighted by molar-refractivity contribution is -0.123. The van der Waals surface area contributed by atoms with Gasteiger partial charge in [-0.05, 0) is 61.9 Å². The van der Waals surface area contributed by atoms with E-state index in [1.54, 1.807) is 0 Å². The molecule has 0 aliphatic carbocycles. The maximum Gasteiger partial charge on any atom is 0.257 e. The molecule has 0 spiro atoms. The van der Waals surface area contributed by atoms with E-state index < -0.39 is 0 Å². The Morgan fingerprint density at radius 1 is 1.04 bits per heavy atom. The van der Waals surface area contributed by atoms with Gasteiger partial charge in [0.25, 0.3) is 5.91 Å². The van der Waals surface area contributed by atoms with Crippen LogP contribution in [-0.4, -0.2) is 32.1 Å². The summed E-state index contributed by atoms with van der Waals surface area (Å²) >= 11 is 0. The molecule has 1 aliphatic heterocycles. The molecule has 1 amide bonds. The molecule has 26 heavy (non-hydrogen) atoms. The van der Waals surface area contributed by atoms with Crippen LogP contribution in [0.25, 0.3) is 0 Å². The Labute approximate surface area is 156 Å². The van der Waals surface area contributed by atoms with E-state index in [0.29, 0.717) is 6.54 Å². The van der Waals surface area contributed by atoms with Gasteiger partial charge in [0, 0.05) is 25.3 Å². The zero-order valence-electron chi connectivity index (χ0n) is 15.5. The molecule has 1 saturated heterocycles. The summed E-state index contributed by atoms with van der Waals surface area (Å²) in [4.78, 5) is 14.4. The standard InChI is InChI=1S/C22H28N2O2/c1-18-7-3-4-8-21(18)26-17-22(25)23-14-13-19-9-11-20(12-10-19)24-15-5-2-6-16-24/h3-4,7-12H,2,5-6,13-17H2,1H3,(H,23,25). The van der Waals surface area contributed by atoms with Gasteiger partial charge in [-0.1, -0.05) is 30.3 Å². The molecule has 0 aromatic heterocycles. The first-order chi connectivity index (χ1) is 12.7. The summed E-state index contributed by atoms with van der Waals surface area (Å²) in [5.74, 6) is 0.675. The lowest BCUT2D eigenvalue weighted by atomic mass is 10.1. The Morgan fingerprint density at radius 3 is 2.50 bits per heavy atom. The quantitative estimate of drug-likeness (QED) is 0.826. The zero-order valence-corrected chi connectivity index (χ0v) is 15.5. The van der Waals surface area contributed by atoms with E-state index in [1.165, 1.54) is 30.5 Å². The van der Waals surface area contributed by atoms with Gasteiger partial charge in [-0.2, -0.15) is 0 Å². The van der Waals surface area contributed by atoms with Crippen LogP contribution < -0.4 is 15.0 Å². The van der Waals surface area contributed by atoms with Crippen molar-refractivity contribution in [3.05, 3.63) is 59.7 Å². The Morgan fingerprint density at radius 2 is 1.77 bits per heavy atom. The second-order valence-corrected chi connectivity index (χ2v) is 6.87. The van der Waals surface area contributed by atoms with Gasteiger partial charge in [0.15, 0.2) is 6.61 Å². The van der Waals surface area contributed by atoms with E-state index in [0.717, 1.165) is 30.8 Å². The summed E-state index contributed by atoms with van der Waals surface area (Å²) in [5, 5.41) is 2.92. The first-order valence-corrected chi connectivity index (χ1v) is 9.51. The van der Waals surface area contributed by atoms with Gasteiger partial charge in [-0.15, -0.1) is 0 Å². The monoisotopic (exact) mass is 352 g/mol. The molecule has 1 fully saturated rings. The molecule has 1 N–H and O–H groups in total. The van der Waals surface area contributed by atoms with Crippen LogP contribution in [0.15, 0.2) is 48.5 Å². The minimum absolute atomic E-state index is 0.0543. The summed E-state index contributed by atoms with van der Waals surface area (Å²) < 4.78 is 5.57. The van der Waals surface area contributed by atoms with Crippen molar-refractivity contribution in [3.63, 3.8) is 0 Å². The predicted octanol–water partition coefficient (Wildman–Crippen LogP) is 3.72. The van der Waals surface area contributed by atoms with Gasteiger partial charge in [0.05, 0.1) is 0 Å². The minimum Gasteiger partial charge on any atom is -0.484 e. The first kappa shape index (κ1) is 18.3. The zero-order chi connectivity index (χ0) is 18.2. The maximum absolute atomic E-state index is 11.9. The molecule has 138 valence electrons. The fourth-order valence-corrected chi connectivity index (χ4v) is 3.28. The van der Waals surface area contributed by atoms with Crippen molar-refractivity contribution in [1.82, 2.24) is 5.32 Å². The molecular formula is C22H28N2O2. The average Bonchev–Trinajstić information content (AvgIpc) is 2.69. The minimum atomic E-state index is -0.0850. The maximum atomic E-state index is 11.9. The van der Waals surface area contributed by atoms with Gasteiger partial charge in [0.1, 0.15) is 5.75 Å². The number of ether oxygens (including phenoxy) is 1. The highest BCUT2D eigenvalue weighted by molar-refractivity contribution is 5.77. The third-order valence-corrected chi connectivity index (χ3v) is 4.85. The lowest BCUT2D eigenvalue weighted by Crippen LogP contribution is -2.30. The molecule has 4 nitrogen and oxygen atoms in total. The topological polar surface area (TPSA) is 41.6 Å². The van der Waals surface area contributed by atoms with Gasteiger partial charge in [-0.3, -0.25) is 4.79 Å². The summed E-state index contributed by atoms with van der Waals surface area (Å²) in [6.07, 6.45) is 4.76. The Balaban J connectivity index is 1.38. The molecule has 2 aromatic carbocycles. The smallest absolute Gasteiger partial charge is 0.257 e. The van der Waals surface area contributed by atoms with Gasteiger partial charge < -0.3 is 15.0 Å². The van der Waals surface area contributed by atoms with E-state index in [9.17, 15) is 4.79 Å². The van der Waals surface area contributed by atoms with Crippen molar-refractivity contribution in [1.29, 1.82) is 0 Å². The number of carbonyl (C=O) groups is 1. The SMILES string of the molecule is Cc1ccccc1OCC(=O)NCCc1ccc(N2CCCCC2)cc1. The number of hydrogen-bond donors (Lipinski definition) is 1. The number of piperidine rings is 1. The fraction of sp³-hybridized carbons (Fsp3) is 0.409. The first-order valence-electron chi connectivity index (χ1n) is 9.51. The molecule has 3 rings (SSSR count). The molecule has 0 bridgehead atoms. The fourth-order valence-electron chi connectivity index (χ4n) is 3.28.